The van der Waals surface area contributed by atoms with Crippen LogP contribution in [0, 0.1) is 50.6 Å². The smallest absolute Gasteiger partial charge is 0.449 e. The van der Waals surface area contributed by atoms with Crippen LogP contribution in [0.25, 0.3) is 0 Å². The monoisotopic (exact) mass is 528 g/mol. The molecule has 1 aromatic carbocycles. The molecule has 0 spiro atoms. The van der Waals surface area contributed by atoms with Crippen molar-refractivity contribution in [3.05, 3.63) is 43.4 Å². The Balaban J connectivity index is 0.00000242. The summed E-state index contributed by atoms with van der Waals surface area (Å²) in [5.74, 6) is 0.466. The predicted octanol–water partition coefficient (Wildman–Crippen LogP) is 2.60. The van der Waals surface area contributed by atoms with Crippen molar-refractivity contribution in [3.63, 3.8) is 0 Å². The van der Waals surface area contributed by atoms with E-state index in [1.807, 2.05) is 24.3 Å². The topological polar surface area (TPSA) is 59.6 Å². The molecular weight excluding hydrogens is 506 g/mol. The maximum Gasteiger partial charge on any atom is 2.00 e. The molecule has 118 valence electrons. The van der Waals surface area contributed by atoms with E-state index >= 15 is 0 Å². The molecule has 0 atom stereocenters. The second-order valence-corrected chi connectivity index (χ2v) is 5.03. The SMILES string of the molecule is [CH2-]CO[CH-]c1ccc(NC(=O)OCC2CCNCC2)cc1.[U+2]. The number of hydrogen-bond acceptors (Lipinski definition) is 4. The number of carbonyl (C=O) groups is 1. The Labute approximate surface area is 155 Å². The fraction of sp³-hybridized carbons (Fsp3) is 0.438. The zero-order valence-electron chi connectivity index (χ0n) is 12.6. The maximum absolute atomic E-state index is 11.7. The van der Waals surface area contributed by atoms with Crippen LogP contribution in [0.5, 0.6) is 0 Å². The Kier molecular flexibility index (Phi) is 9.65. The number of anilines is 1. The van der Waals surface area contributed by atoms with Gasteiger partial charge in [0.05, 0.1) is 6.61 Å². The van der Waals surface area contributed by atoms with Crippen molar-refractivity contribution in [2.45, 2.75) is 12.8 Å². The molecule has 2 N–H and O–H groups in total. The number of hydrogen-bond donors (Lipinski definition) is 2. The van der Waals surface area contributed by atoms with Gasteiger partial charge in [-0.2, -0.15) is 17.7 Å². The summed E-state index contributed by atoms with van der Waals surface area (Å²) in [6.45, 7) is 8.10. The molecule has 0 saturated carbocycles. The molecule has 1 heterocycles. The van der Waals surface area contributed by atoms with Crippen molar-refractivity contribution in [3.8, 4) is 0 Å². The molecule has 0 unspecified atom stereocenters. The minimum Gasteiger partial charge on any atom is -0.449 e. The van der Waals surface area contributed by atoms with Gasteiger partial charge >= 0.3 is 37.2 Å². The summed E-state index contributed by atoms with van der Waals surface area (Å²) in [5.41, 5.74) is 1.63. The number of ether oxygens (including phenoxy) is 2. The predicted molar refractivity (Wildman–Crippen MR) is 81.7 cm³/mol. The number of rotatable bonds is 6. The number of piperidine rings is 1. The van der Waals surface area contributed by atoms with E-state index in [0.717, 1.165) is 31.5 Å². The normalized spacial score (nSPS) is 14.8. The van der Waals surface area contributed by atoms with Crippen molar-refractivity contribution in [1.82, 2.24) is 5.32 Å². The second kappa shape index (κ2) is 11.0. The number of nitrogens with one attached hydrogen (secondary N) is 2. The summed E-state index contributed by atoms with van der Waals surface area (Å²) >= 11 is 0. The molecule has 1 fully saturated rings. The third-order valence-corrected chi connectivity index (χ3v) is 3.40. The minimum absolute atomic E-state index is 0. The van der Waals surface area contributed by atoms with Crippen LogP contribution in [0.1, 0.15) is 18.4 Å². The summed E-state index contributed by atoms with van der Waals surface area (Å²) in [4.78, 5) is 11.7. The molecule has 1 aromatic rings. The average molecular weight is 528 g/mol. The van der Waals surface area contributed by atoms with E-state index in [4.69, 9.17) is 9.47 Å². The first-order chi connectivity index (χ1) is 10.3. The van der Waals surface area contributed by atoms with Gasteiger partial charge in [-0.15, -0.1) is 0 Å². The molecule has 0 aliphatic carbocycles. The van der Waals surface area contributed by atoms with Crippen LogP contribution in [-0.2, 0) is 9.47 Å². The largest absolute Gasteiger partial charge is 2.00 e. The van der Waals surface area contributed by atoms with Crippen LogP contribution in [0.3, 0.4) is 0 Å². The molecular formula is C16H22N2O3U. The van der Waals surface area contributed by atoms with Crippen LogP contribution in [0.4, 0.5) is 10.5 Å². The molecule has 0 radical (unpaired) electrons. The Morgan fingerprint density at radius 2 is 2.00 bits per heavy atom. The quantitative estimate of drug-likeness (QED) is 0.558. The van der Waals surface area contributed by atoms with Crippen LogP contribution >= 0.6 is 0 Å². The Hall–Kier alpha value is -0.668. The van der Waals surface area contributed by atoms with Crippen molar-refractivity contribution < 1.29 is 45.4 Å². The van der Waals surface area contributed by atoms with Crippen LogP contribution in [0.2, 0.25) is 0 Å². The van der Waals surface area contributed by atoms with Gasteiger partial charge in [0.25, 0.3) is 0 Å². The third kappa shape index (κ3) is 7.06. The van der Waals surface area contributed by atoms with Gasteiger partial charge in [0.2, 0.25) is 0 Å². The first-order valence-electron chi connectivity index (χ1n) is 7.26. The fourth-order valence-corrected chi connectivity index (χ4v) is 2.20. The third-order valence-electron chi connectivity index (χ3n) is 3.40. The molecule has 0 bridgehead atoms. The van der Waals surface area contributed by atoms with Crippen molar-refractivity contribution >= 4 is 11.8 Å². The van der Waals surface area contributed by atoms with Gasteiger partial charge in [0.15, 0.2) is 0 Å². The van der Waals surface area contributed by atoms with Gasteiger partial charge < -0.3 is 21.7 Å². The molecule has 6 heteroatoms. The summed E-state index contributed by atoms with van der Waals surface area (Å²) in [7, 11) is 0. The van der Waals surface area contributed by atoms with Crippen LogP contribution in [-0.4, -0.2) is 32.4 Å². The summed E-state index contributed by atoms with van der Waals surface area (Å²) in [6.07, 6.45) is 1.72. The van der Waals surface area contributed by atoms with E-state index in [-0.39, 0.29) is 31.1 Å². The summed E-state index contributed by atoms with van der Waals surface area (Å²) in [6, 6.07) is 7.34. The van der Waals surface area contributed by atoms with Crippen molar-refractivity contribution in [1.29, 1.82) is 0 Å². The van der Waals surface area contributed by atoms with Gasteiger partial charge in [-0.25, -0.2) is 4.79 Å². The average Bonchev–Trinajstić information content (AvgIpc) is 2.53. The molecule has 22 heavy (non-hydrogen) atoms. The molecule has 5 nitrogen and oxygen atoms in total. The number of benzene rings is 1. The Morgan fingerprint density at radius 1 is 1.32 bits per heavy atom. The van der Waals surface area contributed by atoms with E-state index in [2.05, 4.69) is 17.6 Å². The van der Waals surface area contributed by atoms with Gasteiger partial charge in [-0.3, -0.25) is 5.32 Å². The maximum atomic E-state index is 11.7. The van der Waals surface area contributed by atoms with Crippen molar-refractivity contribution in [2.75, 3.05) is 31.6 Å². The van der Waals surface area contributed by atoms with E-state index in [1.165, 1.54) is 0 Å². The van der Waals surface area contributed by atoms with E-state index in [9.17, 15) is 4.79 Å². The zero-order chi connectivity index (χ0) is 14.9. The first kappa shape index (κ1) is 19.4. The standard InChI is InChI=1S/C16H22N2O3.U/c1-2-20-11-13-3-5-15(6-4-13)18-16(19)21-12-14-7-9-17-10-8-14;/h3-6,11,14,17H,1-2,7-10,12H2,(H,18,19);/q-2;+2. The summed E-state index contributed by atoms with van der Waals surface area (Å²) in [5, 5.41) is 6.01. The molecule has 0 aromatic heterocycles. The second-order valence-electron chi connectivity index (χ2n) is 5.03. The van der Waals surface area contributed by atoms with Gasteiger partial charge in [0, 0.05) is 5.69 Å². The zero-order valence-corrected chi connectivity index (χ0v) is 16.8. The minimum atomic E-state index is -0.403. The fourth-order valence-electron chi connectivity index (χ4n) is 2.20. The van der Waals surface area contributed by atoms with Gasteiger partial charge in [0.1, 0.15) is 0 Å². The first-order valence-corrected chi connectivity index (χ1v) is 7.26. The number of carbonyl (C=O) groups excluding carboxylic acids is 1. The molecule has 2 rings (SSSR count). The van der Waals surface area contributed by atoms with Crippen molar-refractivity contribution in [2.24, 2.45) is 5.92 Å². The van der Waals surface area contributed by atoms with E-state index in [0.29, 0.717) is 24.8 Å². The molecule has 1 amide bonds. The van der Waals surface area contributed by atoms with Gasteiger partial charge in [-0.1, -0.05) is 25.3 Å². The molecule has 1 aliphatic rings. The Bertz CT molecular complexity index is 434. The number of amides is 1. The van der Waals surface area contributed by atoms with Crippen LogP contribution < -0.4 is 10.6 Å². The molecule has 1 saturated heterocycles. The van der Waals surface area contributed by atoms with Crippen LogP contribution in [0.15, 0.2) is 24.3 Å². The van der Waals surface area contributed by atoms with Gasteiger partial charge in [-0.05, 0) is 31.8 Å². The summed E-state index contributed by atoms with van der Waals surface area (Å²) < 4.78 is 10.4. The molecule has 1 aliphatic heterocycles. The van der Waals surface area contributed by atoms with E-state index < -0.39 is 6.09 Å². The Morgan fingerprint density at radius 3 is 2.64 bits per heavy atom. The van der Waals surface area contributed by atoms with E-state index in [1.54, 1.807) is 6.61 Å².